The summed E-state index contributed by atoms with van der Waals surface area (Å²) in [7, 11) is 0. The van der Waals surface area contributed by atoms with Gasteiger partial charge in [-0.25, -0.2) is 0 Å². The molecule has 1 aromatic carbocycles. The Labute approximate surface area is 95.7 Å². The van der Waals surface area contributed by atoms with E-state index < -0.39 is 0 Å². The molecule has 0 radical (unpaired) electrons. The van der Waals surface area contributed by atoms with Crippen LogP contribution in [-0.4, -0.2) is 17.6 Å². The number of oxime groups is 1. The van der Waals surface area contributed by atoms with Crippen LogP contribution in [0.4, 0.5) is 0 Å². The Morgan fingerprint density at radius 1 is 1.50 bits per heavy atom. The fraction of sp³-hybridized carbons (Fsp3) is 0.417. The van der Waals surface area contributed by atoms with Crippen LogP contribution >= 0.6 is 0 Å². The predicted octanol–water partition coefficient (Wildman–Crippen LogP) is 2.27. The highest BCUT2D eigenvalue weighted by atomic mass is 16.5. The van der Waals surface area contributed by atoms with Gasteiger partial charge < -0.3 is 15.7 Å². The third-order valence-electron chi connectivity index (χ3n) is 2.27. The van der Waals surface area contributed by atoms with Crippen molar-refractivity contribution in [3.8, 4) is 5.75 Å². The lowest BCUT2D eigenvalue weighted by Gasteiger charge is -2.10. The number of nitrogens with zero attached hydrogens (tertiary/aromatic N) is 1. The molecule has 0 fully saturated rings. The Morgan fingerprint density at radius 3 is 2.88 bits per heavy atom. The van der Waals surface area contributed by atoms with Crippen molar-refractivity contribution in [2.24, 2.45) is 10.9 Å². The molecule has 16 heavy (non-hydrogen) atoms. The number of hydrogen-bond donors (Lipinski definition) is 2. The number of hydrogen-bond acceptors (Lipinski definition) is 3. The largest absolute Gasteiger partial charge is 0.493 e. The normalized spacial score (nSPS) is 11.5. The molecule has 0 atom stereocenters. The molecule has 3 N–H and O–H groups in total. The van der Waals surface area contributed by atoms with E-state index in [2.05, 4.69) is 12.1 Å². The quantitative estimate of drug-likeness (QED) is 0.264. The van der Waals surface area contributed by atoms with Crippen molar-refractivity contribution in [3.63, 3.8) is 0 Å². The lowest BCUT2D eigenvalue weighted by molar-refractivity contribution is 0.306. The summed E-state index contributed by atoms with van der Waals surface area (Å²) in [6.45, 7) is 4.69. The van der Waals surface area contributed by atoms with Crippen LogP contribution in [0.5, 0.6) is 5.75 Å². The minimum Gasteiger partial charge on any atom is -0.493 e. The van der Waals surface area contributed by atoms with E-state index in [9.17, 15) is 0 Å². The van der Waals surface area contributed by atoms with Crippen molar-refractivity contribution in [2.75, 3.05) is 6.61 Å². The fourth-order valence-electron chi connectivity index (χ4n) is 1.35. The van der Waals surface area contributed by atoms with E-state index >= 15 is 0 Å². The number of ether oxygens (including phenoxy) is 1. The number of aryl methyl sites for hydroxylation is 1. The SMILES string of the molecule is CCCCOc1ccc(C)cc1/C(N)=N/O. The van der Waals surface area contributed by atoms with Gasteiger partial charge in [0.15, 0.2) is 5.84 Å². The van der Waals surface area contributed by atoms with Crippen molar-refractivity contribution in [2.45, 2.75) is 26.7 Å². The van der Waals surface area contributed by atoms with Gasteiger partial charge in [0, 0.05) is 0 Å². The third kappa shape index (κ3) is 3.15. The Bertz CT molecular complexity index is 375. The summed E-state index contributed by atoms with van der Waals surface area (Å²) in [6.07, 6.45) is 2.06. The third-order valence-corrected chi connectivity index (χ3v) is 2.27. The van der Waals surface area contributed by atoms with Gasteiger partial charge in [-0.1, -0.05) is 30.1 Å². The molecule has 0 aliphatic heterocycles. The van der Waals surface area contributed by atoms with Crippen molar-refractivity contribution < 1.29 is 9.94 Å². The molecule has 0 aliphatic carbocycles. The molecule has 0 spiro atoms. The maximum Gasteiger partial charge on any atom is 0.173 e. The van der Waals surface area contributed by atoms with Crippen LogP contribution in [0.3, 0.4) is 0 Å². The molecule has 0 saturated heterocycles. The van der Waals surface area contributed by atoms with Gasteiger partial charge in [-0.3, -0.25) is 0 Å². The van der Waals surface area contributed by atoms with Gasteiger partial charge in [0.1, 0.15) is 5.75 Å². The minimum atomic E-state index is 0.0789. The lowest BCUT2D eigenvalue weighted by atomic mass is 10.1. The summed E-state index contributed by atoms with van der Waals surface area (Å²) >= 11 is 0. The second-order valence-corrected chi connectivity index (χ2v) is 3.69. The van der Waals surface area contributed by atoms with Gasteiger partial charge in [0.05, 0.1) is 12.2 Å². The molecule has 4 nitrogen and oxygen atoms in total. The Hall–Kier alpha value is -1.71. The first-order valence-corrected chi connectivity index (χ1v) is 5.40. The molecule has 0 aliphatic rings. The van der Waals surface area contributed by atoms with Gasteiger partial charge in [-0.05, 0) is 25.5 Å². The molecule has 4 heteroatoms. The molecule has 0 amide bonds. The van der Waals surface area contributed by atoms with Gasteiger partial charge in [-0.15, -0.1) is 0 Å². The molecule has 0 heterocycles. The standard InChI is InChI=1S/C12H18N2O2/c1-3-4-7-16-11-6-5-9(2)8-10(11)12(13)14-15/h5-6,8,15H,3-4,7H2,1-2H3,(H2,13,14). The van der Waals surface area contributed by atoms with E-state index in [1.165, 1.54) is 0 Å². The Morgan fingerprint density at radius 2 is 2.25 bits per heavy atom. The van der Waals surface area contributed by atoms with Crippen LogP contribution < -0.4 is 10.5 Å². The highest BCUT2D eigenvalue weighted by Gasteiger charge is 2.08. The average molecular weight is 222 g/mol. The van der Waals surface area contributed by atoms with Crippen LogP contribution in [0, 0.1) is 6.92 Å². The molecular formula is C12H18N2O2. The monoisotopic (exact) mass is 222 g/mol. The number of unbranched alkanes of at least 4 members (excludes halogenated alkanes) is 1. The van der Waals surface area contributed by atoms with E-state index in [-0.39, 0.29) is 5.84 Å². The number of nitrogens with two attached hydrogens (primary N) is 1. The second kappa shape index (κ2) is 6.00. The van der Waals surface area contributed by atoms with E-state index in [0.717, 1.165) is 18.4 Å². The van der Waals surface area contributed by atoms with Crippen LogP contribution in [0.25, 0.3) is 0 Å². The highest BCUT2D eigenvalue weighted by molar-refractivity contribution is 5.99. The summed E-state index contributed by atoms with van der Waals surface area (Å²) in [4.78, 5) is 0. The minimum absolute atomic E-state index is 0.0789. The zero-order valence-electron chi connectivity index (χ0n) is 9.73. The molecule has 0 unspecified atom stereocenters. The summed E-state index contributed by atoms with van der Waals surface area (Å²) in [5.74, 6) is 0.740. The molecule has 1 aromatic rings. The molecule has 0 saturated carbocycles. The zero-order chi connectivity index (χ0) is 12.0. The molecule has 1 rings (SSSR count). The van der Waals surface area contributed by atoms with Crippen molar-refractivity contribution in [3.05, 3.63) is 29.3 Å². The summed E-state index contributed by atoms with van der Waals surface area (Å²) < 4.78 is 5.58. The van der Waals surface area contributed by atoms with Crippen molar-refractivity contribution >= 4 is 5.84 Å². The van der Waals surface area contributed by atoms with Gasteiger partial charge in [0.25, 0.3) is 0 Å². The van der Waals surface area contributed by atoms with Crippen LogP contribution in [0.1, 0.15) is 30.9 Å². The van der Waals surface area contributed by atoms with Gasteiger partial charge in [-0.2, -0.15) is 0 Å². The molecular weight excluding hydrogens is 204 g/mol. The Kier molecular flexibility index (Phi) is 4.64. The average Bonchev–Trinajstić information content (AvgIpc) is 2.30. The molecule has 0 bridgehead atoms. The Balaban J connectivity index is 2.89. The number of amidine groups is 1. The molecule has 0 aromatic heterocycles. The highest BCUT2D eigenvalue weighted by Crippen LogP contribution is 2.20. The topological polar surface area (TPSA) is 67.8 Å². The van der Waals surface area contributed by atoms with E-state index in [4.69, 9.17) is 15.7 Å². The first-order chi connectivity index (χ1) is 7.69. The number of rotatable bonds is 5. The first-order valence-electron chi connectivity index (χ1n) is 5.40. The maximum atomic E-state index is 8.68. The van der Waals surface area contributed by atoms with E-state index in [1.807, 2.05) is 25.1 Å². The smallest absolute Gasteiger partial charge is 0.173 e. The van der Waals surface area contributed by atoms with Crippen molar-refractivity contribution in [1.82, 2.24) is 0 Å². The summed E-state index contributed by atoms with van der Waals surface area (Å²) in [6, 6.07) is 5.63. The first kappa shape index (κ1) is 12.4. The zero-order valence-corrected chi connectivity index (χ0v) is 9.73. The van der Waals surface area contributed by atoms with Crippen molar-refractivity contribution in [1.29, 1.82) is 0 Å². The van der Waals surface area contributed by atoms with E-state index in [1.54, 1.807) is 0 Å². The predicted molar refractivity (Wildman–Crippen MR) is 64.1 cm³/mol. The summed E-state index contributed by atoms with van der Waals surface area (Å²) in [5, 5.41) is 11.7. The van der Waals surface area contributed by atoms with E-state index in [0.29, 0.717) is 17.9 Å². The summed E-state index contributed by atoms with van der Waals surface area (Å²) in [5.41, 5.74) is 7.27. The number of benzene rings is 1. The maximum absolute atomic E-state index is 8.68. The lowest BCUT2D eigenvalue weighted by Crippen LogP contribution is -2.15. The van der Waals surface area contributed by atoms with Crippen LogP contribution in [0.15, 0.2) is 23.4 Å². The van der Waals surface area contributed by atoms with Gasteiger partial charge in [0.2, 0.25) is 0 Å². The van der Waals surface area contributed by atoms with Crippen LogP contribution in [0.2, 0.25) is 0 Å². The second-order valence-electron chi connectivity index (χ2n) is 3.69. The van der Waals surface area contributed by atoms with Crippen LogP contribution in [-0.2, 0) is 0 Å². The molecule has 88 valence electrons. The van der Waals surface area contributed by atoms with Gasteiger partial charge >= 0.3 is 0 Å². The fourth-order valence-corrected chi connectivity index (χ4v) is 1.35.